The number of nitrogens with zero attached hydrogens (tertiary/aromatic N) is 1. The summed E-state index contributed by atoms with van der Waals surface area (Å²) in [5.41, 5.74) is 4.64. The summed E-state index contributed by atoms with van der Waals surface area (Å²) in [5, 5.41) is 2.46. The SMILES string of the molecule is BrC=Cc1ccc2cc(N(c3ccccc3)c3ccccc3)ccc2c1. The molecule has 26 heavy (non-hydrogen) atoms. The number of anilines is 3. The average Bonchev–Trinajstić information content (AvgIpc) is 2.70. The lowest BCUT2D eigenvalue weighted by atomic mass is 10.1. The molecule has 2 heteroatoms. The van der Waals surface area contributed by atoms with Gasteiger partial charge in [-0.3, -0.25) is 0 Å². The number of hydrogen-bond acceptors (Lipinski definition) is 1. The van der Waals surface area contributed by atoms with Crippen molar-refractivity contribution in [2.45, 2.75) is 0 Å². The molecule has 4 aromatic carbocycles. The smallest absolute Gasteiger partial charge is 0.0468 e. The van der Waals surface area contributed by atoms with E-state index >= 15 is 0 Å². The topological polar surface area (TPSA) is 3.24 Å². The van der Waals surface area contributed by atoms with E-state index in [2.05, 4.69) is 106 Å². The third-order valence-corrected chi connectivity index (χ3v) is 4.65. The summed E-state index contributed by atoms with van der Waals surface area (Å²) in [6, 6.07) is 34.1. The van der Waals surface area contributed by atoms with Gasteiger partial charge in [-0.1, -0.05) is 70.5 Å². The molecular weight excluding hydrogens is 382 g/mol. The first kappa shape index (κ1) is 16.6. The Hall–Kier alpha value is -2.84. The van der Waals surface area contributed by atoms with Gasteiger partial charge in [-0.25, -0.2) is 0 Å². The predicted molar refractivity (Wildman–Crippen MR) is 117 cm³/mol. The lowest BCUT2D eigenvalue weighted by Crippen LogP contribution is -2.09. The van der Waals surface area contributed by atoms with Crippen molar-refractivity contribution in [2.24, 2.45) is 0 Å². The third kappa shape index (κ3) is 3.42. The summed E-state index contributed by atoms with van der Waals surface area (Å²) in [7, 11) is 0. The lowest BCUT2D eigenvalue weighted by molar-refractivity contribution is 1.29. The Morgan fingerprint density at radius 1 is 0.577 bits per heavy atom. The minimum absolute atomic E-state index is 1.15. The Balaban J connectivity index is 1.84. The molecule has 0 unspecified atom stereocenters. The van der Waals surface area contributed by atoms with Crippen LogP contribution in [0.15, 0.2) is 102 Å². The minimum atomic E-state index is 1.15. The van der Waals surface area contributed by atoms with Crippen LogP contribution in [-0.2, 0) is 0 Å². The summed E-state index contributed by atoms with van der Waals surface area (Å²) in [4.78, 5) is 4.17. The standard InChI is InChI=1S/C24H18BrN/c25-16-15-19-11-12-21-18-24(14-13-20(21)17-19)26(22-7-3-1-4-8-22)23-9-5-2-6-10-23/h1-18H. The van der Waals surface area contributed by atoms with E-state index in [1.807, 2.05) is 23.2 Å². The van der Waals surface area contributed by atoms with Gasteiger partial charge < -0.3 is 4.90 Å². The number of fused-ring (bicyclic) bond motifs is 1. The number of para-hydroxylation sites is 2. The first-order valence-electron chi connectivity index (χ1n) is 8.56. The average molecular weight is 400 g/mol. The van der Waals surface area contributed by atoms with Crippen molar-refractivity contribution >= 4 is 49.8 Å². The summed E-state index contributed by atoms with van der Waals surface area (Å²) in [6.45, 7) is 0. The van der Waals surface area contributed by atoms with Gasteiger partial charge in [0.15, 0.2) is 0 Å². The Morgan fingerprint density at radius 2 is 1.15 bits per heavy atom. The fourth-order valence-corrected chi connectivity index (χ4v) is 3.47. The van der Waals surface area contributed by atoms with Gasteiger partial charge in [-0.15, -0.1) is 0 Å². The van der Waals surface area contributed by atoms with E-state index in [1.54, 1.807) is 0 Å². The highest BCUT2D eigenvalue weighted by molar-refractivity contribution is 9.11. The van der Waals surface area contributed by atoms with Gasteiger partial charge in [0.2, 0.25) is 0 Å². The second-order valence-electron chi connectivity index (χ2n) is 6.09. The van der Waals surface area contributed by atoms with Crippen LogP contribution in [0.3, 0.4) is 0 Å². The van der Waals surface area contributed by atoms with E-state index in [0.717, 1.165) is 17.1 Å². The van der Waals surface area contributed by atoms with Crippen molar-refractivity contribution in [3.05, 3.63) is 108 Å². The van der Waals surface area contributed by atoms with E-state index in [4.69, 9.17) is 0 Å². The Morgan fingerprint density at radius 3 is 1.77 bits per heavy atom. The quantitative estimate of drug-likeness (QED) is 0.340. The minimum Gasteiger partial charge on any atom is -0.310 e. The monoisotopic (exact) mass is 399 g/mol. The zero-order valence-corrected chi connectivity index (χ0v) is 15.8. The van der Waals surface area contributed by atoms with Crippen LogP contribution in [0.5, 0.6) is 0 Å². The van der Waals surface area contributed by atoms with Gasteiger partial charge in [0.05, 0.1) is 0 Å². The fraction of sp³-hybridized carbons (Fsp3) is 0. The maximum Gasteiger partial charge on any atom is 0.0468 e. The normalized spacial score (nSPS) is 11.1. The summed E-state index contributed by atoms with van der Waals surface area (Å²) in [6.07, 6.45) is 2.05. The van der Waals surface area contributed by atoms with Crippen LogP contribution in [0.1, 0.15) is 5.56 Å². The van der Waals surface area contributed by atoms with E-state index in [0.29, 0.717) is 0 Å². The molecule has 0 aliphatic heterocycles. The van der Waals surface area contributed by atoms with Crippen LogP contribution in [0.4, 0.5) is 17.1 Å². The van der Waals surface area contributed by atoms with Gasteiger partial charge in [-0.2, -0.15) is 0 Å². The molecule has 0 saturated heterocycles. The Labute approximate surface area is 162 Å². The molecule has 4 rings (SSSR count). The number of halogens is 1. The van der Waals surface area contributed by atoms with Crippen molar-refractivity contribution in [1.82, 2.24) is 0 Å². The molecule has 0 saturated carbocycles. The van der Waals surface area contributed by atoms with Gasteiger partial charge in [-0.05, 0) is 69.9 Å². The molecule has 0 fully saturated rings. The predicted octanol–water partition coefficient (Wildman–Crippen LogP) is 7.68. The highest BCUT2D eigenvalue weighted by Gasteiger charge is 2.12. The van der Waals surface area contributed by atoms with Crippen LogP contribution < -0.4 is 4.90 Å². The van der Waals surface area contributed by atoms with Crippen molar-refractivity contribution in [1.29, 1.82) is 0 Å². The third-order valence-electron chi connectivity index (χ3n) is 4.39. The number of rotatable bonds is 4. The van der Waals surface area contributed by atoms with Crippen molar-refractivity contribution in [3.63, 3.8) is 0 Å². The first-order chi connectivity index (χ1) is 12.8. The molecule has 0 N–H and O–H groups in total. The van der Waals surface area contributed by atoms with Crippen LogP contribution in [-0.4, -0.2) is 0 Å². The maximum absolute atomic E-state index is 3.35. The molecule has 4 aromatic rings. The number of benzene rings is 4. The fourth-order valence-electron chi connectivity index (χ4n) is 3.17. The Kier molecular flexibility index (Phi) is 4.85. The summed E-state index contributed by atoms with van der Waals surface area (Å²) >= 11 is 3.35. The molecular formula is C24H18BrN. The zero-order valence-electron chi connectivity index (χ0n) is 14.2. The van der Waals surface area contributed by atoms with Crippen LogP contribution in [0.25, 0.3) is 16.8 Å². The van der Waals surface area contributed by atoms with E-state index in [9.17, 15) is 0 Å². The first-order valence-corrected chi connectivity index (χ1v) is 9.47. The molecule has 0 spiro atoms. The number of hydrogen-bond donors (Lipinski definition) is 0. The second kappa shape index (κ2) is 7.59. The van der Waals surface area contributed by atoms with E-state index in [-0.39, 0.29) is 0 Å². The van der Waals surface area contributed by atoms with E-state index in [1.165, 1.54) is 16.3 Å². The molecule has 0 bridgehead atoms. The van der Waals surface area contributed by atoms with Crippen LogP contribution in [0.2, 0.25) is 0 Å². The lowest BCUT2D eigenvalue weighted by Gasteiger charge is -2.25. The van der Waals surface area contributed by atoms with Crippen molar-refractivity contribution < 1.29 is 0 Å². The summed E-state index contributed by atoms with van der Waals surface area (Å²) < 4.78 is 0. The largest absolute Gasteiger partial charge is 0.310 e. The van der Waals surface area contributed by atoms with Crippen molar-refractivity contribution in [3.8, 4) is 0 Å². The Bertz CT molecular complexity index is 1000. The highest BCUT2D eigenvalue weighted by atomic mass is 79.9. The zero-order chi connectivity index (χ0) is 17.8. The molecule has 0 heterocycles. The van der Waals surface area contributed by atoms with E-state index < -0.39 is 0 Å². The highest BCUT2D eigenvalue weighted by Crippen LogP contribution is 2.35. The molecule has 0 atom stereocenters. The van der Waals surface area contributed by atoms with Gasteiger partial charge in [0.25, 0.3) is 0 Å². The molecule has 1 nitrogen and oxygen atoms in total. The van der Waals surface area contributed by atoms with Gasteiger partial charge >= 0.3 is 0 Å². The molecule has 126 valence electrons. The molecule has 0 aliphatic carbocycles. The maximum atomic E-state index is 3.35. The van der Waals surface area contributed by atoms with Gasteiger partial charge in [0, 0.05) is 17.1 Å². The van der Waals surface area contributed by atoms with Gasteiger partial charge in [0.1, 0.15) is 0 Å². The second-order valence-corrected chi connectivity index (χ2v) is 6.62. The van der Waals surface area contributed by atoms with Crippen LogP contribution in [0, 0.1) is 0 Å². The van der Waals surface area contributed by atoms with Crippen LogP contribution >= 0.6 is 15.9 Å². The molecule has 0 radical (unpaired) electrons. The summed E-state index contributed by atoms with van der Waals surface area (Å²) in [5.74, 6) is 0. The molecule has 0 aliphatic rings. The molecule has 0 amide bonds. The molecule has 0 aromatic heterocycles. The van der Waals surface area contributed by atoms with Crippen molar-refractivity contribution in [2.75, 3.05) is 4.90 Å².